The predicted molar refractivity (Wildman–Crippen MR) is 55.5 cm³/mol. The van der Waals surface area contributed by atoms with E-state index >= 15 is 0 Å². The number of hydrogen-bond donors (Lipinski definition) is 2. The molecule has 0 bridgehead atoms. The smallest absolute Gasteiger partial charge is 0.218 e. The van der Waals surface area contributed by atoms with Gasteiger partial charge in [-0.2, -0.15) is 4.39 Å². The van der Waals surface area contributed by atoms with E-state index in [1.165, 1.54) is 13.1 Å². The Balaban J connectivity index is 3.12. The fraction of sp³-hybridized carbons (Fsp3) is 0.375. The van der Waals surface area contributed by atoms with E-state index in [0.717, 1.165) is 0 Å². The van der Waals surface area contributed by atoms with Gasteiger partial charge in [-0.05, 0) is 35.6 Å². The second-order valence-corrected chi connectivity index (χ2v) is 3.93. The van der Waals surface area contributed by atoms with Crippen LogP contribution in [0.5, 0.6) is 0 Å². The van der Waals surface area contributed by atoms with Crippen LogP contribution in [0, 0.1) is 9.52 Å². The van der Waals surface area contributed by atoms with Crippen molar-refractivity contribution in [1.29, 1.82) is 0 Å². The van der Waals surface area contributed by atoms with E-state index in [1.807, 2.05) is 22.6 Å². The maximum atomic E-state index is 13.2. The molecule has 1 heterocycles. The van der Waals surface area contributed by atoms with Crippen LogP contribution in [-0.4, -0.2) is 16.2 Å². The van der Waals surface area contributed by atoms with E-state index in [9.17, 15) is 9.50 Å². The second-order valence-electron chi connectivity index (χ2n) is 2.76. The van der Waals surface area contributed by atoms with Gasteiger partial charge in [0, 0.05) is 15.3 Å². The Hall–Kier alpha value is -0.270. The molecule has 2 atom stereocenters. The lowest BCUT2D eigenvalue weighted by molar-refractivity contribution is 0.161. The van der Waals surface area contributed by atoms with Crippen LogP contribution in [0.4, 0.5) is 4.39 Å². The van der Waals surface area contributed by atoms with E-state index < -0.39 is 18.1 Å². The van der Waals surface area contributed by atoms with E-state index in [-0.39, 0.29) is 5.56 Å². The van der Waals surface area contributed by atoms with E-state index in [1.54, 1.807) is 6.07 Å². The van der Waals surface area contributed by atoms with Gasteiger partial charge in [0.2, 0.25) is 5.95 Å². The first-order chi connectivity index (χ1) is 6.04. The van der Waals surface area contributed by atoms with Crippen LogP contribution in [0.15, 0.2) is 12.3 Å². The number of aromatic nitrogens is 1. The summed E-state index contributed by atoms with van der Waals surface area (Å²) in [5, 5.41) is 9.20. The average molecular weight is 296 g/mol. The van der Waals surface area contributed by atoms with E-state index in [2.05, 4.69) is 4.98 Å². The molecule has 1 aromatic heterocycles. The number of pyridine rings is 1. The normalized spacial score (nSPS) is 15.5. The van der Waals surface area contributed by atoms with Gasteiger partial charge in [-0.25, -0.2) is 4.98 Å². The summed E-state index contributed by atoms with van der Waals surface area (Å²) in [6, 6.07) is 0.932. The van der Waals surface area contributed by atoms with Gasteiger partial charge in [0.25, 0.3) is 0 Å². The number of aliphatic hydroxyl groups is 1. The van der Waals surface area contributed by atoms with Crippen LogP contribution in [0.2, 0.25) is 0 Å². The maximum Gasteiger partial charge on any atom is 0.218 e. The highest BCUT2D eigenvalue weighted by molar-refractivity contribution is 14.1. The van der Waals surface area contributed by atoms with Gasteiger partial charge in [-0.3, -0.25) is 0 Å². The second kappa shape index (κ2) is 4.30. The lowest BCUT2D eigenvalue weighted by Crippen LogP contribution is -2.25. The zero-order chi connectivity index (χ0) is 10.0. The molecule has 3 nitrogen and oxygen atoms in total. The molecule has 72 valence electrons. The summed E-state index contributed by atoms with van der Waals surface area (Å²) >= 11 is 1.96. The first-order valence-corrected chi connectivity index (χ1v) is 4.85. The number of nitrogens with two attached hydrogens (primary N) is 1. The fourth-order valence-corrected chi connectivity index (χ4v) is 1.71. The molecule has 0 aliphatic carbocycles. The topological polar surface area (TPSA) is 59.1 Å². The van der Waals surface area contributed by atoms with Gasteiger partial charge >= 0.3 is 0 Å². The van der Waals surface area contributed by atoms with Gasteiger partial charge in [0.15, 0.2) is 0 Å². The van der Waals surface area contributed by atoms with Crippen molar-refractivity contribution >= 4 is 22.6 Å². The molecule has 0 aliphatic rings. The van der Waals surface area contributed by atoms with E-state index in [0.29, 0.717) is 3.57 Å². The van der Waals surface area contributed by atoms with Crippen LogP contribution in [0.25, 0.3) is 0 Å². The zero-order valence-corrected chi connectivity index (χ0v) is 9.19. The first kappa shape index (κ1) is 10.8. The highest BCUT2D eigenvalue weighted by Crippen LogP contribution is 2.22. The van der Waals surface area contributed by atoms with Crippen LogP contribution < -0.4 is 5.73 Å². The van der Waals surface area contributed by atoms with Crippen molar-refractivity contribution in [3.05, 3.63) is 27.3 Å². The monoisotopic (exact) mass is 296 g/mol. The van der Waals surface area contributed by atoms with Crippen LogP contribution in [-0.2, 0) is 0 Å². The van der Waals surface area contributed by atoms with Crippen LogP contribution in [0.3, 0.4) is 0 Å². The van der Waals surface area contributed by atoms with Gasteiger partial charge in [-0.1, -0.05) is 0 Å². The van der Waals surface area contributed by atoms with E-state index in [4.69, 9.17) is 5.73 Å². The summed E-state index contributed by atoms with van der Waals surface area (Å²) in [5.74, 6) is -0.611. The largest absolute Gasteiger partial charge is 0.391 e. The van der Waals surface area contributed by atoms with Crippen LogP contribution in [0.1, 0.15) is 18.5 Å². The zero-order valence-electron chi connectivity index (χ0n) is 7.04. The molecule has 1 rings (SSSR count). The maximum absolute atomic E-state index is 13.2. The molecule has 0 unspecified atom stereocenters. The molecule has 0 aromatic carbocycles. The van der Waals surface area contributed by atoms with Crippen molar-refractivity contribution in [3.63, 3.8) is 0 Å². The minimum Gasteiger partial charge on any atom is -0.391 e. The third-order valence-electron chi connectivity index (χ3n) is 1.74. The number of nitrogens with zero attached hydrogens (tertiary/aromatic N) is 1. The summed E-state index contributed by atoms with van der Waals surface area (Å²) < 4.78 is 13.8. The molecule has 0 radical (unpaired) electrons. The highest BCUT2D eigenvalue weighted by atomic mass is 127. The molecule has 0 saturated carbocycles. The molecule has 5 heteroatoms. The molecule has 1 aromatic rings. The molecule has 0 saturated heterocycles. The number of rotatable bonds is 2. The molecule has 0 fully saturated rings. The lowest BCUT2D eigenvalue weighted by atomic mass is 10.1. The number of hydrogen-bond acceptors (Lipinski definition) is 3. The SMILES string of the molecule is C[C@H](O)[C@@H](N)c1c(I)ccnc1F. The first-order valence-electron chi connectivity index (χ1n) is 3.77. The van der Waals surface area contributed by atoms with Gasteiger partial charge in [0.05, 0.1) is 12.1 Å². The molecular formula is C8H10FIN2O. The fourth-order valence-electron chi connectivity index (χ4n) is 0.964. The molecular weight excluding hydrogens is 286 g/mol. The van der Waals surface area contributed by atoms with Crippen molar-refractivity contribution in [2.75, 3.05) is 0 Å². The Kier molecular flexibility index (Phi) is 3.57. The Bertz CT molecular complexity index is 286. The van der Waals surface area contributed by atoms with Crippen LogP contribution >= 0.6 is 22.6 Å². The van der Waals surface area contributed by atoms with Gasteiger partial charge < -0.3 is 10.8 Å². The third-order valence-corrected chi connectivity index (χ3v) is 2.68. The van der Waals surface area contributed by atoms with Gasteiger partial charge in [0.1, 0.15) is 0 Å². The summed E-state index contributed by atoms with van der Waals surface area (Å²) in [6.07, 6.45) is 0.585. The minimum atomic E-state index is -0.785. The van der Waals surface area contributed by atoms with Crippen molar-refractivity contribution in [3.8, 4) is 0 Å². The Morgan fingerprint density at radius 2 is 2.31 bits per heavy atom. The lowest BCUT2D eigenvalue weighted by Gasteiger charge is -2.16. The summed E-state index contributed by atoms with van der Waals surface area (Å²) in [5.41, 5.74) is 5.88. The highest BCUT2D eigenvalue weighted by Gasteiger charge is 2.19. The van der Waals surface area contributed by atoms with Gasteiger partial charge in [-0.15, -0.1) is 0 Å². The Labute approximate surface area is 89.3 Å². The number of aliphatic hydroxyl groups excluding tert-OH is 1. The number of halogens is 2. The minimum absolute atomic E-state index is 0.276. The van der Waals surface area contributed by atoms with Crippen molar-refractivity contribution in [2.45, 2.75) is 19.1 Å². The Morgan fingerprint density at radius 3 is 2.77 bits per heavy atom. The van der Waals surface area contributed by atoms with Crippen molar-refractivity contribution < 1.29 is 9.50 Å². The molecule has 3 N–H and O–H groups in total. The summed E-state index contributed by atoms with van der Waals surface area (Å²) in [6.45, 7) is 1.52. The standard InChI is InChI=1S/C8H10FIN2O/c1-4(13)7(11)6-5(10)2-3-12-8(6)9/h2-4,7,13H,11H2,1H3/t4-,7+/m0/s1. The summed E-state index contributed by atoms with van der Waals surface area (Å²) in [4.78, 5) is 3.48. The van der Waals surface area contributed by atoms with Crippen molar-refractivity contribution in [2.24, 2.45) is 5.73 Å². The summed E-state index contributed by atoms with van der Waals surface area (Å²) in [7, 11) is 0. The molecule has 0 amide bonds. The quantitative estimate of drug-likeness (QED) is 0.637. The van der Waals surface area contributed by atoms with Crippen molar-refractivity contribution in [1.82, 2.24) is 4.98 Å². The Morgan fingerprint density at radius 1 is 1.69 bits per heavy atom. The molecule has 0 spiro atoms. The average Bonchev–Trinajstić information content (AvgIpc) is 2.03. The third kappa shape index (κ3) is 2.35. The molecule has 13 heavy (non-hydrogen) atoms. The molecule has 0 aliphatic heterocycles. The predicted octanol–water partition coefficient (Wildman–Crippen LogP) is 1.21.